The lowest BCUT2D eigenvalue weighted by Gasteiger charge is -2.14. The lowest BCUT2D eigenvalue weighted by atomic mass is 10.1. The van der Waals surface area contributed by atoms with Crippen molar-refractivity contribution in [3.63, 3.8) is 0 Å². The second-order valence-corrected chi connectivity index (χ2v) is 16.1. The highest BCUT2D eigenvalue weighted by Crippen LogP contribution is 2.37. The molecule has 0 aromatic heterocycles. The Bertz CT molecular complexity index is 1840. The highest BCUT2D eigenvalue weighted by Gasteiger charge is 2.23. The Morgan fingerprint density at radius 3 is 1.41 bits per heavy atom. The van der Waals surface area contributed by atoms with Crippen LogP contribution in [0.4, 0.5) is 20.2 Å². The fourth-order valence-corrected chi connectivity index (χ4v) is 7.23. The van der Waals surface area contributed by atoms with Crippen molar-refractivity contribution < 1.29 is 38.1 Å². The summed E-state index contributed by atoms with van der Waals surface area (Å²) in [5, 5.41) is 25.6. The number of anilines is 2. The molecular weight excluding hydrogens is 832 g/mol. The molecule has 6 rings (SSSR count). The van der Waals surface area contributed by atoms with Crippen LogP contribution in [0.1, 0.15) is 53.5 Å². The van der Waals surface area contributed by atoms with E-state index in [9.17, 15) is 18.4 Å². The minimum absolute atomic E-state index is 0.189. The van der Waals surface area contributed by atoms with Gasteiger partial charge in [-0.25, -0.2) is 18.4 Å². The number of ether oxygens (including phenoxy) is 2. The average molecular weight is 873 g/mol. The summed E-state index contributed by atoms with van der Waals surface area (Å²) in [7, 11) is 0. The molecule has 0 bridgehead atoms. The second-order valence-electron chi connectivity index (χ2n) is 14.1. The summed E-state index contributed by atoms with van der Waals surface area (Å²) < 4.78 is 38.4. The molecule has 4 aromatic carbocycles. The number of aliphatic carboxylic acids is 2. The molecule has 56 heavy (non-hydrogen) atoms. The van der Waals surface area contributed by atoms with Crippen LogP contribution in [-0.2, 0) is 35.6 Å². The molecule has 4 N–H and O–H groups in total. The number of carboxylic acid groups (broad SMARTS) is 2. The van der Waals surface area contributed by atoms with Gasteiger partial charge in [0.25, 0.3) is 0 Å². The molecule has 2 saturated carbocycles. The van der Waals surface area contributed by atoms with E-state index in [4.69, 9.17) is 77.7 Å². The molecule has 2 atom stereocenters. The molecule has 2 aliphatic rings. The van der Waals surface area contributed by atoms with Crippen LogP contribution in [0.15, 0.2) is 60.7 Å². The monoisotopic (exact) mass is 870 g/mol. The fourth-order valence-electron chi connectivity index (χ4n) is 5.69. The van der Waals surface area contributed by atoms with E-state index >= 15 is 0 Å². The molecule has 2 aliphatic carbocycles. The van der Waals surface area contributed by atoms with Gasteiger partial charge in [0.1, 0.15) is 13.2 Å². The minimum Gasteiger partial charge on any atom is -0.486 e. The van der Waals surface area contributed by atoms with Gasteiger partial charge < -0.3 is 30.3 Å². The Hall–Kier alpha value is -3.67. The first-order chi connectivity index (χ1) is 26.6. The summed E-state index contributed by atoms with van der Waals surface area (Å²) in [6.07, 6.45) is 0.440. The zero-order valence-corrected chi connectivity index (χ0v) is 34.1. The summed E-state index contributed by atoms with van der Waals surface area (Å²) in [5.41, 5.74) is 5.70. The van der Waals surface area contributed by atoms with Gasteiger partial charge in [-0.05, 0) is 127 Å². The largest absolute Gasteiger partial charge is 0.486 e. The molecule has 4 aromatic rings. The van der Waals surface area contributed by atoms with E-state index in [1.807, 2.05) is 31.2 Å². The number of nitrogens with one attached hydrogen (secondary N) is 2. The highest BCUT2D eigenvalue weighted by molar-refractivity contribution is 6.38. The van der Waals surface area contributed by atoms with Crippen LogP contribution in [0.25, 0.3) is 0 Å². The first-order valence-corrected chi connectivity index (χ1v) is 19.9. The molecule has 2 unspecified atom stereocenters. The standard InChI is InChI=1S/C21H22Cl2FNO3.C20H19Cl3FNO3/c1-12-4-15(6-16(5-12)25-10-13-2-3-13)11-28-20-17(22)7-14(8-18(20)23)9-19(24)21(26)27;21-14-3-13(4-15(8-14)25-9-11-1-2-11)10-28-19-16(22)5-12(6-17(19)23)7-18(24)20(26)27/h4-8,13,19,25H,2-3,9-11H2,1H3,(H,26,27);3-6,8,11,18,25H,1-2,7,9-10H2,(H,26,27). The second kappa shape index (κ2) is 20.1. The topological polar surface area (TPSA) is 117 Å². The van der Waals surface area contributed by atoms with Gasteiger partial charge in [-0.15, -0.1) is 0 Å². The van der Waals surface area contributed by atoms with E-state index in [-0.39, 0.29) is 51.9 Å². The first kappa shape index (κ1) is 43.5. The number of hydrogen-bond acceptors (Lipinski definition) is 6. The predicted molar refractivity (Wildman–Crippen MR) is 219 cm³/mol. The summed E-state index contributed by atoms with van der Waals surface area (Å²) in [5.74, 6) is -0.976. The van der Waals surface area contributed by atoms with Gasteiger partial charge in [-0.2, -0.15) is 0 Å². The zero-order chi connectivity index (χ0) is 40.5. The maximum Gasteiger partial charge on any atom is 0.338 e. The number of carbonyl (C=O) groups is 2. The summed E-state index contributed by atoms with van der Waals surface area (Å²) >= 11 is 31.0. The Morgan fingerprint density at radius 2 is 1.02 bits per heavy atom. The molecule has 15 heteroatoms. The van der Waals surface area contributed by atoms with Crippen molar-refractivity contribution in [3.8, 4) is 11.5 Å². The Kier molecular flexibility index (Phi) is 15.6. The lowest BCUT2D eigenvalue weighted by molar-refractivity contribution is -0.143. The number of carboxylic acids is 2. The van der Waals surface area contributed by atoms with E-state index < -0.39 is 24.3 Å². The van der Waals surface area contributed by atoms with Crippen LogP contribution in [0, 0.1) is 18.8 Å². The normalized spacial score (nSPS) is 14.6. The van der Waals surface area contributed by atoms with Gasteiger partial charge in [0, 0.05) is 42.3 Å². The minimum atomic E-state index is -2.02. The van der Waals surface area contributed by atoms with Crippen LogP contribution < -0.4 is 20.1 Å². The summed E-state index contributed by atoms with van der Waals surface area (Å²) in [4.78, 5) is 21.3. The smallest absolute Gasteiger partial charge is 0.338 e. The summed E-state index contributed by atoms with van der Waals surface area (Å²) in [6.45, 7) is 4.40. The van der Waals surface area contributed by atoms with Crippen molar-refractivity contribution in [3.05, 3.63) is 114 Å². The first-order valence-electron chi connectivity index (χ1n) is 18.0. The maximum absolute atomic E-state index is 13.4. The molecule has 300 valence electrons. The van der Waals surface area contributed by atoms with E-state index in [0.717, 1.165) is 53.0 Å². The molecule has 0 amide bonds. The lowest BCUT2D eigenvalue weighted by Crippen LogP contribution is -2.17. The van der Waals surface area contributed by atoms with Gasteiger partial charge in [-0.1, -0.05) is 64.1 Å². The predicted octanol–water partition coefficient (Wildman–Crippen LogP) is 11.7. The molecule has 0 heterocycles. The Morgan fingerprint density at radius 1 is 0.625 bits per heavy atom. The van der Waals surface area contributed by atoms with Crippen molar-refractivity contribution in [1.29, 1.82) is 0 Å². The van der Waals surface area contributed by atoms with Crippen LogP contribution in [0.3, 0.4) is 0 Å². The van der Waals surface area contributed by atoms with E-state index in [2.05, 4.69) is 16.7 Å². The van der Waals surface area contributed by atoms with Crippen molar-refractivity contribution >= 4 is 81.3 Å². The molecule has 0 saturated heterocycles. The number of rotatable bonds is 18. The van der Waals surface area contributed by atoms with Crippen LogP contribution in [0.5, 0.6) is 11.5 Å². The van der Waals surface area contributed by atoms with Crippen LogP contribution in [-0.4, -0.2) is 47.6 Å². The molecule has 0 aliphatic heterocycles. The Balaban J connectivity index is 0.000000214. The van der Waals surface area contributed by atoms with E-state index in [1.54, 1.807) is 6.07 Å². The third kappa shape index (κ3) is 13.8. The maximum atomic E-state index is 13.4. The van der Waals surface area contributed by atoms with E-state index in [1.165, 1.54) is 49.9 Å². The van der Waals surface area contributed by atoms with Crippen molar-refractivity contribution in [2.45, 2.75) is 71.0 Å². The highest BCUT2D eigenvalue weighted by atomic mass is 35.5. The van der Waals surface area contributed by atoms with Crippen molar-refractivity contribution in [2.75, 3.05) is 23.7 Å². The number of aryl methyl sites for hydroxylation is 1. The molecule has 0 spiro atoms. The average Bonchev–Trinajstić information content (AvgIpc) is 4.05. The molecule has 0 radical (unpaired) electrons. The van der Waals surface area contributed by atoms with Gasteiger partial charge in [0.15, 0.2) is 11.5 Å². The quantitative estimate of drug-likeness (QED) is 0.0781. The Labute approximate surface area is 349 Å². The van der Waals surface area contributed by atoms with Crippen LogP contribution >= 0.6 is 58.0 Å². The molecular formula is C41H41Cl5F2N2O6. The zero-order valence-electron chi connectivity index (χ0n) is 30.3. The summed E-state index contributed by atoms with van der Waals surface area (Å²) in [6, 6.07) is 17.6. The number of halogens is 7. The molecule has 8 nitrogen and oxygen atoms in total. The van der Waals surface area contributed by atoms with Crippen LogP contribution in [0.2, 0.25) is 25.1 Å². The van der Waals surface area contributed by atoms with Gasteiger partial charge in [0.05, 0.1) is 20.1 Å². The van der Waals surface area contributed by atoms with Crippen molar-refractivity contribution in [1.82, 2.24) is 0 Å². The van der Waals surface area contributed by atoms with E-state index in [0.29, 0.717) is 21.9 Å². The molecule has 2 fully saturated rings. The third-order valence-electron chi connectivity index (χ3n) is 8.93. The fraction of sp³-hybridized carbons (Fsp3) is 0.366. The SMILES string of the molecule is Cc1cc(COc2c(Cl)cc(CC(F)C(=O)O)cc2Cl)cc(NCC2CC2)c1.O=C(O)C(F)Cc1cc(Cl)c(OCc2cc(Cl)cc(NCC3CC3)c2)c(Cl)c1. The third-order valence-corrected chi connectivity index (χ3v) is 10.3. The number of alkyl halides is 2. The van der Waals surface area contributed by atoms with Gasteiger partial charge in [0.2, 0.25) is 12.3 Å². The van der Waals surface area contributed by atoms with Gasteiger partial charge >= 0.3 is 11.9 Å². The van der Waals surface area contributed by atoms with Crippen molar-refractivity contribution in [2.24, 2.45) is 11.8 Å². The van der Waals surface area contributed by atoms with Gasteiger partial charge in [-0.3, -0.25) is 0 Å². The number of benzene rings is 4. The number of hydrogen-bond donors (Lipinski definition) is 4.